The largest absolute Gasteiger partial charge is 0.493 e. The number of ether oxygens (including phenoxy) is 1. The molecule has 2 fully saturated rings. The van der Waals surface area contributed by atoms with Crippen molar-refractivity contribution >= 4 is 17.5 Å². The van der Waals surface area contributed by atoms with Crippen LogP contribution < -0.4 is 15.8 Å². The zero-order valence-corrected chi connectivity index (χ0v) is 15.8. The lowest BCUT2D eigenvalue weighted by Gasteiger charge is -2.35. The van der Waals surface area contributed by atoms with E-state index in [1.165, 1.54) is 0 Å². The van der Waals surface area contributed by atoms with Crippen LogP contribution >= 0.6 is 0 Å². The Labute approximate surface area is 160 Å². The van der Waals surface area contributed by atoms with E-state index in [1.807, 2.05) is 18.2 Å². The van der Waals surface area contributed by atoms with Gasteiger partial charge in [-0.3, -0.25) is 9.59 Å². The number of hydrogen-bond donors (Lipinski definition) is 2. The molecule has 0 bridgehead atoms. The second-order valence-electron chi connectivity index (χ2n) is 8.07. The molecular formula is C21H29N3O3. The van der Waals surface area contributed by atoms with Crippen molar-refractivity contribution in [2.75, 3.05) is 18.5 Å². The lowest BCUT2D eigenvalue weighted by Crippen LogP contribution is -2.50. The minimum absolute atomic E-state index is 0.0829. The highest BCUT2D eigenvalue weighted by Crippen LogP contribution is 2.30. The molecule has 3 aliphatic rings. The highest BCUT2D eigenvalue weighted by atomic mass is 16.5. The summed E-state index contributed by atoms with van der Waals surface area (Å²) in [7, 11) is 0. The number of carbonyl (C=O) groups excluding carboxylic acids is 2. The van der Waals surface area contributed by atoms with E-state index in [9.17, 15) is 9.59 Å². The van der Waals surface area contributed by atoms with Gasteiger partial charge >= 0.3 is 0 Å². The molecule has 1 aromatic rings. The molecule has 0 aromatic heterocycles. The van der Waals surface area contributed by atoms with Crippen LogP contribution in [-0.2, 0) is 16.0 Å². The number of benzene rings is 1. The second-order valence-corrected chi connectivity index (χ2v) is 8.07. The molecule has 6 heteroatoms. The molecule has 2 amide bonds. The van der Waals surface area contributed by atoms with Gasteiger partial charge in [-0.2, -0.15) is 0 Å². The number of carbonyl (C=O) groups is 2. The quantitative estimate of drug-likeness (QED) is 0.851. The summed E-state index contributed by atoms with van der Waals surface area (Å²) in [6.07, 6.45) is 7.13. The topological polar surface area (TPSA) is 84.7 Å². The van der Waals surface area contributed by atoms with Crippen LogP contribution in [0.15, 0.2) is 18.2 Å². The molecule has 6 nitrogen and oxygen atoms in total. The standard InChI is InChI=1S/C21H29N3O3/c22-17-5-3-4-14(17)13-20(25)24-10-2-1-6-18(24)21(26)23-16-7-8-19-15(12-16)9-11-27-19/h7-8,12,14,17-18H,1-6,9-11,13,22H2,(H,23,26)/t14-,17+,18?/m0/s1. The van der Waals surface area contributed by atoms with Gasteiger partial charge in [0, 0.05) is 31.1 Å². The van der Waals surface area contributed by atoms with Gasteiger partial charge in [-0.25, -0.2) is 0 Å². The van der Waals surface area contributed by atoms with Crippen LogP contribution in [0.5, 0.6) is 5.75 Å². The van der Waals surface area contributed by atoms with Gasteiger partial charge in [0.05, 0.1) is 6.61 Å². The first-order valence-electron chi connectivity index (χ1n) is 10.2. The van der Waals surface area contributed by atoms with Crippen molar-refractivity contribution in [3.05, 3.63) is 23.8 Å². The number of nitrogens with zero attached hydrogens (tertiary/aromatic N) is 1. The fourth-order valence-corrected chi connectivity index (χ4v) is 4.65. The van der Waals surface area contributed by atoms with Crippen LogP contribution in [0.4, 0.5) is 5.69 Å². The van der Waals surface area contributed by atoms with Gasteiger partial charge in [-0.15, -0.1) is 0 Å². The minimum atomic E-state index is -0.381. The van der Waals surface area contributed by atoms with E-state index in [2.05, 4.69) is 5.32 Å². The summed E-state index contributed by atoms with van der Waals surface area (Å²) in [6, 6.07) is 5.50. The third-order valence-electron chi connectivity index (χ3n) is 6.24. The van der Waals surface area contributed by atoms with Gasteiger partial charge in [-0.1, -0.05) is 6.42 Å². The van der Waals surface area contributed by atoms with E-state index in [0.717, 1.165) is 61.9 Å². The van der Waals surface area contributed by atoms with Gasteiger partial charge in [0.15, 0.2) is 0 Å². The first-order valence-corrected chi connectivity index (χ1v) is 10.2. The number of fused-ring (bicyclic) bond motifs is 1. The predicted octanol–water partition coefficient (Wildman–Crippen LogP) is 2.46. The first-order chi connectivity index (χ1) is 13.1. The molecular weight excluding hydrogens is 342 g/mol. The van der Waals surface area contributed by atoms with Gasteiger partial charge in [0.2, 0.25) is 11.8 Å². The van der Waals surface area contributed by atoms with Gasteiger partial charge in [0.1, 0.15) is 11.8 Å². The number of anilines is 1. The lowest BCUT2D eigenvalue weighted by atomic mass is 9.96. The molecule has 3 atom stereocenters. The number of piperidine rings is 1. The Morgan fingerprint density at radius 1 is 1.19 bits per heavy atom. The lowest BCUT2D eigenvalue weighted by molar-refractivity contribution is -0.141. The van der Waals surface area contributed by atoms with E-state index in [1.54, 1.807) is 4.90 Å². The molecule has 1 unspecified atom stereocenters. The van der Waals surface area contributed by atoms with Crippen LogP contribution in [0, 0.1) is 5.92 Å². The highest BCUT2D eigenvalue weighted by Gasteiger charge is 2.35. The summed E-state index contributed by atoms with van der Waals surface area (Å²) >= 11 is 0. The fraction of sp³-hybridized carbons (Fsp3) is 0.619. The molecule has 2 aliphatic heterocycles. The Balaban J connectivity index is 1.42. The number of rotatable bonds is 4. The van der Waals surface area contributed by atoms with E-state index >= 15 is 0 Å². The van der Waals surface area contributed by atoms with E-state index < -0.39 is 0 Å². The summed E-state index contributed by atoms with van der Waals surface area (Å²) in [5.41, 5.74) is 8.04. The third-order valence-corrected chi connectivity index (χ3v) is 6.24. The van der Waals surface area contributed by atoms with Crippen molar-refractivity contribution in [2.45, 2.75) is 63.5 Å². The number of amides is 2. The zero-order valence-electron chi connectivity index (χ0n) is 15.8. The molecule has 1 aliphatic carbocycles. The normalized spacial score (nSPS) is 27.1. The first kappa shape index (κ1) is 18.3. The zero-order chi connectivity index (χ0) is 18.8. The van der Waals surface area contributed by atoms with E-state index in [-0.39, 0.29) is 29.8 Å². The number of likely N-dealkylation sites (tertiary alicyclic amines) is 1. The summed E-state index contributed by atoms with van der Waals surface area (Å²) in [6.45, 7) is 1.36. The highest BCUT2D eigenvalue weighted by molar-refractivity contribution is 5.97. The summed E-state index contributed by atoms with van der Waals surface area (Å²) in [5, 5.41) is 3.02. The molecule has 0 radical (unpaired) electrons. The van der Waals surface area contributed by atoms with Crippen LogP contribution in [0.2, 0.25) is 0 Å². The molecule has 1 saturated carbocycles. The van der Waals surface area contributed by atoms with Crippen LogP contribution in [0.3, 0.4) is 0 Å². The molecule has 3 N–H and O–H groups in total. The van der Waals surface area contributed by atoms with Crippen molar-refractivity contribution in [3.63, 3.8) is 0 Å². The van der Waals surface area contributed by atoms with E-state index in [4.69, 9.17) is 10.5 Å². The Bertz CT molecular complexity index is 721. The Hall–Kier alpha value is -2.08. The average molecular weight is 371 g/mol. The van der Waals surface area contributed by atoms with Crippen LogP contribution in [0.25, 0.3) is 0 Å². The summed E-state index contributed by atoms with van der Waals surface area (Å²) < 4.78 is 5.52. The van der Waals surface area contributed by atoms with Crippen molar-refractivity contribution < 1.29 is 14.3 Å². The molecule has 146 valence electrons. The van der Waals surface area contributed by atoms with Gasteiger partial charge < -0.3 is 20.7 Å². The van der Waals surface area contributed by atoms with Crippen molar-refractivity contribution in [3.8, 4) is 5.75 Å². The monoisotopic (exact) mass is 371 g/mol. The number of nitrogens with one attached hydrogen (secondary N) is 1. The van der Waals surface area contributed by atoms with E-state index in [0.29, 0.717) is 19.6 Å². The Kier molecular flexibility index (Phi) is 5.34. The maximum atomic E-state index is 12.9. The molecule has 4 rings (SSSR count). The SMILES string of the molecule is N[C@@H]1CCC[C@H]1CC(=O)N1CCCCC1C(=O)Nc1ccc2c(c1)CCO2. The number of nitrogens with two attached hydrogens (primary N) is 1. The second kappa shape index (κ2) is 7.89. The predicted molar refractivity (Wildman–Crippen MR) is 104 cm³/mol. The fourth-order valence-electron chi connectivity index (χ4n) is 4.65. The average Bonchev–Trinajstić information content (AvgIpc) is 3.30. The Morgan fingerprint density at radius 3 is 2.89 bits per heavy atom. The third kappa shape index (κ3) is 3.95. The minimum Gasteiger partial charge on any atom is -0.493 e. The Morgan fingerprint density at radius 2 is 2.07 bits per heavy atom. The van der Waals surface area contributed by atoms with Crippen molar-refractivity contribution in [1.82, 2.24) is 4.90 Å². The van der Waals surface area contributed by atoms with Crippen molar-refractivity contribution in [1.29, 1.82) is 0 Å². The molecule has 2 heterocycles. The molecule has 1 aromatic carbocycles. The smallest absolute Gasteiger partial charge is 0.247 e. The molecule has 1 saturated heterocycles. The van der Waals surface area contributed by atoms with Crippen molar-refractivity contribution in [2.24, 2.45) is 11.7 Å². The van der Waals surface area contributed by atoms with Gasteiger partial charge in [0.25, 0.3) is 0 Å². The maximum absolute atomic E-state index is 12.9. The van der Waals surface area contributed by atoms with Crippen LogP contribution in [-0.4, -0.2) is 41.9 Å². The summed E-state index contributed by atoms with van der Waals surface area (Å²) in [4.78, 5) is 27.6. The molecule has 27 heavy (non-hydrogen) atoms. The van der Waals surface area contributed by atoms with Crippen LogP contribution in [0.1, 0.15) is 50.5 Å². The molecule has 0 spiro atoms. The summed E-state index contributed by atoms with van der Waals surface area (Å²) in [5.74, 6) is 1.16. The van der Waals surface area contributed by atoms with Gasteiger partial charge in [-0.05, 0) is 61.8 Å². The maximum Gasteiger partial charge on any atom is 0.247 e. The number of hydrogen-bond acceptors (Lipinski definition) is 4.